The van der Waals surface area contributed by atoms with E-state index in [1.807, 2.05) is 0 Å². The van der Waals surface area contributed by atoms with Crippen LogP contribution in [0, 0.1) is 6.92 Å². The number of hydrogen-bond donors (Lipinski definition) is 0. The number of rotatable bonds is 0. The van der Waals surface area contributed by atoms with Gasteiger partial charge in [-0.25, -0.2) is 0 Å². The summed E-state index contributed by atoms with van der Waals surface area (Å²) in [6.45, 7) is 2.20. The van der Waals surface area contributed by atoms with Crippen molar-refractivity contribution >= 4 is 44.5 Å². The highest BCUT2D eigenvalue weighted by molar-refractivity contribution is 6.28. The Morgan fingerprint density at radius 3 is 2.37 bits per heavy atom. The second-order valence-corrected chi connectivity index (χ2v) is 5.52. The van der Waals surface area contributed by atoms with Gasteiger partial charge >= 0.3 is 0 Å². The van der Waals surface area contributed by atoms with Gasteiger partial charge in [-0.3, -0.25) is 0 Å². The molecule has 4 aromatic carbocycles. The van der Waals surface area contributed by atoms with Gasteiger partial charge in [0.15, 0.2) is 0 Å². The van der Waals surface area contributed by atoms with Crippen molar-refractivity contribution in [1.82, 2.24) is 0 Å². The summed E-state index contributed by atoms with van der Waals surface area (Å²) in [5.74, 6) is 0. The quantitative estimate of drug-likeness (QED) is 0.319. The summed E-state index contributed by atoms with van der Waals surface area (Å²) in [7, 11) is 0. The molecule has 5 rings (SSSR count). The summed E-state index contributed by atoms with van der Waals surface area (Å²) in [6.07, 6.45) is 4.48. The third-order valence-corrected chi connectivity index (χ3v) is 4.49. The van der Waals surface area contributed by atoms with E-state index in [1.165, 1.54) is 49.0 Å². The van der Waals surface area contributed by atoms with Crippen LogP contribution in [0.25, 0.3) is 44.5 Å². The van der Waals surface area contributed by atoms with Gasteiger partial charge < -0.3 is 0 Å². The number of benzene rings is 4. The maximum Gasteiger partial charge on any atom is -0.00147 e. The predicted molar refractivity (Wildman–Crippen MR) is 83.8 cm³/mol. The molecule has 4 aromatic rings. The minimum absolute atomic E-state index is 1.35. The molecule has 0 spiro atoms. The number of hydrogen-bond acceptors (Lipinski definition) is 0. The molecule has 0 saturated carbocycles. The van der Waals surface area contributed by atoms with Crippen molar-refractivity contribution in [3.8, 4) is 0 Å². The average molecular weight is 240 g/mol. The summed E-state index contributed by atoms with van der Waals surface area (Å²) in [4.78, 5) is 0. The standard InChI is InChI=1S/C19H12/c1-11-2-3-15-10-14-7-6-12-4-5-13-8-9-16(11)18(15)19(13)17(12)14/h2-10H,1H3. The molecule has 0 saturated heterocycles. The van der Waals surface area contributed by atoms with E-state index in [0.29, 0.717) is 0 Å². The molecule has 0 amide bonds. The van der Waals surface area contributed by atoms with Crippen LogP contribution in [0.5, 0.6) is 0 Å². The Labute approximate surface area is 111 Å². The Morgan fingerprint density at radius 1 is 0.632 bits per heavy atom. The average Bonchev–Trinajstić information content (AvgIpc) is 2.86. The Hall–Kier alpha value is -2.34. The van der Waals surface area contributed by atoms with Gasteiger partial charge in [-0.1, -0.05) is 48.6 Å². The zero-order valence-electron chi connectivity index (χ0n) is 10.7. The van der Waals surface area contributed by atoms with Crippen molar-refractivity contribution in [1.29, 1.82) is 0 Å². The van der Waals surface area contributed by atoms with Crippen LogP contribution in [-0.2, 0) is 0 Å². The highest BCUT2D eigenvalue weighted by Gasteiger charge is 2.16. The molecule has 0 aliphatic heterocycles. The fourth-order valence-corrected chi connectivity index (χ4v) is 3.57. The molecule has 1 aliphatic rings. The molecule has 0 aromatic heterocycles. The highest BCUT2D eigenvalue weighted by atomic mass is 14.2. The Balaban J connectivity index is 2.27. The van der Waals surface area contributed by atoms with Crippen LogP contribution in [0.15, 0.2) is 42.5 Å². The van der Waals surface area contributed by atoms with E-state index in [-0.39, 0.29) is 0 Å². The first-order chi connectivity index (χ1) is 9.33. The van der Waals surface area contributed by atoms with Crippen LogP contribution >= 0.6 is 0 Å². The Kier molecular flexibility index (Phi) is 1.50. The second kappa shape index (κ2) is 2.97. The van der Waals surface area contributed by atoms with Crippen molar-refractivity contribution in [2.45, 2.75) is 6.92 Å². The molecule has 0 atom stereocenters. The maximum absolute atomic E-state index is 2.33. The molecule has 0 radical (unpaired) electrons. The van der Waals surface area contributed by atoms with Crippen molar-refractivity contribution in [3.05, 3.63) is 59.2 Å². The van der Waals surface area contributed by atoms with Crippen molar-refractivity contribution in [2.75, 3.05) is 0 Å². The first kappa shape index (κ1) is 9.57. The minimum atomic E-state index is 1.35. The second-order valence-electron chi connectivity index (χ2n) is 5.52. The van der Waals surface area contributed by atoms with Crippen molar-refractivity contribution < 1.29 is 0 Å². The van der Waals surface area contributed by atoms with E-state index in [4.69, 9.17) is 0 Å². The lowest BCUT2D eigenvalue weighted by Gasteiger charge is -2.14. The van der Waals surface area contributed by atoms with Gasteiger partial charge in [0.05, 0.1) is 0 Å². The summed E-state index contributed by atoms with van der Waals surface area (Å²) in [5.41, 5.74) is 4.09. The minimum Gasteiger partial charge on any atom is -0.0581 e. The smallest absolute Gasteiger partial charge is 0.00147 e. The van der Waals surface area contributed by atoms with E-state index in [1.54, 1.807) is 0 Å². The van der Waals surface area contributed by atoms with Crippen LogP contribution < -0.4 is 0 Å². The molecular weight excluding hydrogens is 228 g/mol. The Bertz CT molecular complexity index is 1000. The van der Waals surface area contributed by atoms with Crippen LogP contribution in [-0.4, -0.2) is 0 Å². The normalized spacial score (nSPS) is 13.3. The van der Waals surface area contributed by atoms with Crippen LogP contribution in [0.1, 0.15) is 16.7 Å². The molecule has 88 valence electrons. The lowest BCUT2D eigenvalue weighted by Crippen LogP contribution is -1.88. The van der Waals surface area contributed by atoms with Crippen LogP contribution in [0.4, 0.5) is 0 Å². The molecular formula is C19H12. The van der Waals surface area contributed by atoms with Gasteiger partial charge in [-0.2, -0.15) is 0 Å². The van der Waals surface area contributed by atoms with Gasteiger partial charge in [0.1, 0.15) is 0 Å². The largest absolute Gasteiger partial charge is 0.0581 e. The summed E-state index contributed by atoms with van der Waals surface area (Å²) in [5, 5.41) is 8.41. The van der Waals surface area contributed by atoms with Gasteiger partial charge in [-0.15, -0.1) is 0 Å². The molecule has 0 heterocycles. The Morgan fingerprint density at radius 2 is 1.42 bits per heavy atom. The molecule has 0 N–H and O–H groups in total. The van der Waals surface area contributed by atoms with Gasteiger partial charge in [0.25, 0.3) is 0 Å². The van der Waals surface area contributed by atoms with Crippen molar-refractivity contribution in [3.63, 3.8) is 0 Å². The SMILES string of the molecule is Cc1ccc2cc3c4c(ccc5ccc1c2c54)C=C3. The van der Waals surface area contributed by atoms with Gasteiger partial charge in [0, 0.05) is 0 Å². The van der Waals surface area contributed by atoms with Gasteiger partial charge in [-0.05, 0) is 62.0 Å². The summed E-state index contributed by atoms with van der Waals surface area (Å²) in [6, 6.07) is 15.8. The summed E-state index contributed by atoms with van der Waals surface area (Å²) < 4.78 is 0. The molecule has 0 unspecified atom stereocenters. The van der Waals surface area contributed by atoms with E-state index < -0.39 is 0 Å². The van der Waals surface area contributed by atoms with E-state index >= 15 is 0 Å². The van der Waals surface area contributed by atoms with E-state index in [9.17, 15) is 0 Å². The lowest BCUT2D eigenvalue weighted by atomic mass is 9.90. The third kappa shape index (κ3) is 1.01. The van der Waals surface area contributed by atoms with E-state index in [0.717, 1.165) is 0 Å². The predicted octanol–water partition coefficient (Wildman–Crippen LogP) is 5.38. The molecule has 0 fully saturated rings. The van der Waals surface area contributed by atoms with Crippen LogP contribution in [0.3, 0.4) is 0 Å². The molecule has 0 bridgehead atoms. The topological polar surface area (TPSA) is 0 Å². The lowest BCUT2D eigenvalue weighted by molar-refractivity contribution is 1.55. The monoisotopic (exact) mass is 240 g/mol. The maximum atomic E-state index is 2.33. The third-order valence-electron chi connectivity index (χ3n) is 4.49. The number of aryl methyl sites for hydroxylation is 1. The fraction of sp³-hybridized carbons (Fsp3) is 0.0526. The molecule has 0 nitrogen and oxygen atoms in total. The van der Waals surface area contributed by atoms with Crippen molar-refractivity contribution in [2.24, 2.45) is 0 Å². The van der Waals surface area contributed by atoms with Crippen LogP contribution in [0.2, 0.25) is 0 Å². The summed E-state index contributed by atoms with van der Waals surface area (Å²) >= 11 is 0. The highest BCUT2D eigenvalue weighted by Crippen LogP contribution is 2.42. The molecule has 0 heteroatoms. The molecule has 19 heavy (non-hydrogen) atoms. The van der Waals surface area contributed by atoms with Gasteiger partial charge in [0.2, 0.25) is 0 Å². The first-order valence-electron chi connectivity index (χ1n) is 6.72. The first-order valence-corrected chi connectivity index (χ1v) is 6.72. The zero-order valence-corrected chi connectivity index (χ0v) is 10.7. The van der Waals surface area contributed by atoms with E-state index in [2.05, 4.69) is 61.5 Å². The molecule has 1 aliphatic carbocycles. The zero-order chi connectivity index (χ0) is 12.6. The fourth-order valence-electron chi connectivity index (χ4n) is 3.57.